The number of methoxy groups -OCH3 is 1. The first kappa shape index (κ1) is 12.4. The van der Waals surface area contributed by atoms with E-state index in [1.165, 1.54) is 5.56 Å². The van der Waals surface area contributed by atoms with E-state index in [1.54, 1.807) is 7.11 Å². The molecule has 6 heteroatoms. The van der Waals surface area contributed by atoms with E-state index < -0.39 is 0 Å². The third-order valence-electron chi connectivity index (χ3n) is 3.67. The highest BCUT2D eigenvalue weighted by Gasteiger charge is 2.23. The van der Waals surface area contributed by atoms with Gasteiger partial charge in [-0.2, -0.15) is 4.98 Å². The van der Waals surface area contributed by atoms with Gasteiger partial charge in [0.25, 0.3) is 0 Å². The number of hydrogen-bond donors (Lipinski definition) is 1. The first-order valence-electron chi connectivity index (χ1n) is 6.47. The topological polar surface area (TPSA) is 55.2 Å². The van der Waals surface area contributed by atoms with Crippen LogP contribution in [0.1, 0.15) is 11.6 Å². The summed E-state index contributed by atoms with van der Waals surface area (Å²) in [5.41, 5.74) is 3.22. The van der Waals surface area contributed by atoms with Crippen LogP contribution in [0.25, 0.3) is 11.0 Å². The minimum Gasteiger partial charge on any atom is -0.467 e. The van der Waals surface area contributed by atoms with Crippen LogP contribution >= 0.6 is 0 Å². The molecule has 0 bridgehead atoms. The molecule has 1 aliphatic rings. The minimum atomic E-state index is 0.307. The van der Waals surface area contributed by atoms with Gasteiger partial charge < -0.3 is 19.5 Å². The molecule has 1 atom stereocenters. The largest absolute Gasteiger partial charge is 0.467 e. The maximum Gasteiger partial charge on any atom is 0.316 e. The van der Waals surface area contributed by atoms with E-state index in [2.05, 4.69) is 38.0 Å². The molecule has 19 heavy (non-hydrogen) atoms. The van der Waals surface area contributed by atoms with E-state index in [9.17, 15) is 0 Å². The lowest BCUT2D eigenvalue weighted by Crippen LogP contribution is -2.43. The van der Waals surface area contributed by atoms with E-state index in [-0.39, 0.29) is 0 Å². The van der Waals surface area contributed by atoms with Gasteiger partial charge in [0, 0.05) is 44.5 Å². The smallest absolute Gasteiger partial charge is 0.316 e. The molecule has 2 aromatic heterocycles. The first-order chi connectivity index (χ1) is 9.19. The van der Waals surface area contributed by atoms with Gasteiger partial charge in [0.2, 0.25) is 0 Å². The summed E-state index contributed by atoms with van der Waals surface area (Å²) < 4.78 is 7.20. The van der Waals surface area contributed by atoms with Crippen molar-refractivity contribution >= 4 is 11.0 Å². The van der Waals surface area contributed by atoms with Gasteiger partial charge in [0.1, 0.15) is 5.52 Å². The van der Waals surface area contributed by atoms with E-state index in [0.29, 0.717) is 12.1 Å². The van der Waals surface area contributed by atoms with Crippen molar-refractivity contribution in [2.24, 2.45) is 7.05 Å². The van der Waals surface area contributed by atoms with Crippen molar-refractivity contribution < 1.29 is 4.74 Å². The van der Waals surface area contributed by atoms with Gasteiger partial charge in [-0.15, -0.1) is 0 Å². The Balaban J connectivity index is 2.06. The zero-order chi connectivity index (χ0) is 13.4. The fourth-order valence-corrected chi connectivity index (χ4v) is 2.63. The number of piperazine rings is 1. The van der Waals surface area contributed by atoms with Gasteiger partial charge in [-0.05, 0) is 7.05 Å². The van der Waals surface area contributed by atoms with Crippen molar-refractivity contribution in [1.29, 1.82) is 0 Å². The Bertz CT molecular complexity index is 594. The number of aryl methyl sites for hydroxylation is 1. The predicted molar refractivity (Wildman–Crippen MR) is 73.3 cm³/mol. The molecule has 0 spiro atoms. The molecule has 1 N–H and O–H groups in total. The van der Waals surface area contributed by atoms with Crippen LogP contribution in [0.2, 0.25) is 0 Å². The van der Waals surface area contributed by atoms with Gasteiger partial charge in [-0.25, -0.2) is 4.98 Å². The lowest BCUT2D eigenvalue weighted by molar-refractivity contribution is 0.241. The summed E-state index contributed by atoms with van der Waals surface area (Å²) in [6.45, 7) is 3.07. The molecule has 1 aliphatic heterocycles. The van der Waals surface area contributed by atoms with Crippen LogP contribution in [0.5, 0.6) is 6.01 Å². The zero-order valence-electron chi connectivity index (χ0n) is 11.6. The molecule has 0 radical (unpaired) electrons. The van der Waals surface area contributed by atoms with Crippen LogP contribution in [0.15, 0.2) is 12.4 Å². The number of rotatable bonds is 2. The molecule has 1 fully saturated rings. The maximum absolute atomic E-state index is 5.13. The predicted octanol–water partition coefficient (Wildman–Crippen LogP) is 0.553. The van der Waals surface area contributed by atoms with Crippen molar-refractivity contribution in [3.8, 4) is 6.01 Å². The normalized spacial score (nSPS) is 20.9. The standard InChI is InChI=1S/C13H19N5O/c1-17-5-4-14-10(8-17)9-7-18(2)11-6-15-13(19-3)16-12(9)11/h6-7,10,14H,4-5,8H2,1-3H3. The number of likely N-dealkylation sites (N-methyl/N-ethyl adjacent to an activating group) is 1. The number of fused-ring (bicyclic) bond motifs is 1. The number of nitrogens with zero attached hydrogens (tertiary/aromatic N) is 4. The lowest BCUT2D eigenvalue weighted by atomic mass is 10.1. The molecule has 102 valence electrons. The van der Waals surface area contributed by atoms with Crippen molar-refractivity contribution in [2.75, 3.05) is 33.8 Å². The highest BCUT2D eigenvalue weighted by Crippen LogP contribution is 2.26. The third-order valence-corrected chi connectivity index (χ3v) is 3.67. The van der Waals surface area contributed by atoms with Crippen LogP contribution in [0, 0.1) is 0 Å². The number of ether oxygens (including phenoxy) is 1. The van der Waals surface area contributed by atoms with Crippen LogP contribution in [-0.4, -0.2) is 53.2 Å². The number of nitrogens with one attached hydrogen (secondary N) is 1. The molecule has 3 heterocycles. The average Bonchev–Trinajstić information content (AvgIpc) is 2.75. The summed E-state index contributed by atoms with van der Waals surface area (Å²) in [5.74, 6) is 0. The molecule has 0 aromatic carbocycles. The summed E-state index contributed by atoms with van der Waals surface area (Å²) in [4.78, 5) is 11.0. The molecular formula is C13H19N5O. The van der Waals surface area contributed by atoms with E-state index >= 15 is 0 Å². The van der Waals surface area contributed by atoms with Crippen LogP contribution < -0.4 is 10.1 Å². The number of hydrogen-bond acceptors (Lipinski definition) is 5. The van der Waals surface area contributed by atoms with Crippen molar-refractivity contribution in [1.82, 2.24) is 24.8 Å². The molecule has 0 saturated carbocycles. The Morgan fingerprint density at radius 2 is 2.26 bits per heavy atom. The van der Waals surface area contributed by atoms with Crippen molar-refractivity contribution in [2.45, 2.75) is 6.04 Å². The van der Waals surface area contributed by atoms with Gasteiger partial charge in [-0.3, -0.25) is 0 Å². The van der Waals surface area contributed by atoms with Gasteiger partial charge in [0.15, 0.2) is 0 Å². The van der Waals surface area contributed by atoms with Gasteiger partial charge >= 0.3 is 6.01 Å². The molecule has 6 nitrogen and oxygen atoms in total. The Kier molecular flexibility index (Phi) is 3.12. The van der Waals surface area contributed by atoms with E-state index in [4.69, 9.17) is 4.74 Å². The van der Waals surface area contributed by atoms with Gasteiger partial charge in [-0.1, -0.05) is 0 Å². The summed E-state index contributed by atoms with van der Waals surface area (Å²) in [5, 5.41) is 3.55. The van der Waals surface area contributed by atoms with Crippen LogP contribution in [0.4, 0.5) is 0 Å². The molecular weight excluding hydrogens is 242 g/mol. The van der Waals surface area contributed by atoms with Gasteiger partial charge in [0.05, 0.1) is 18.8 Å². The third kappa shape index (κ3) is 2.17. The molecule has 0 amide bonds. The zero-order valence-corrected chi connectivity index (χ0v) is 11.6. The SMILES string of the molecule is COc1ncc2c(n1)c(C1CN(C)CCN1)cn2C. The second-order valence-corrected chi connectivity index (χ2v) is 5.05. The molecule has 1 unspecified atom stereocenters. The van der Waals surface area contributed by atoms with E-state index in [1.807, 2.05) is 13.2 Å². The molecule has 0 aliphatic carbocycles. The average molecular weight is 261 g/mol. The molecule has 3 rings (SSSR count). The maximum atomic E-state index is 5.13. The first-order valence-corrected chi connectivity index (χ1v) is 6.47. The Morgan fingerprint density at radius 3 is 3.00 bits per heavy atom. The van der Waals surface area contributed by atoms with E-state index in [0.717, 1.165) is 30.7 Å². The second kappa shape index (κ2) is 4.79. The fourth-order valence-electron chi connectivity index (χ4n) is 2.63. The highest BCUT2D eigenvalue weighted by molar-refractivity contribution is 5.79. The highest BCUT2D eigenvalue weighted by atomic mass is 16.5. The Morgan fingerprint density at radius 1 is 1.42 bits per heavy atom. The fraction of sp³-hybridized carbons (Fsp3) is 0.538. The monoisotopic (exact) mass is 261 g/mol. The Labute approximate surface area is 112 Å². The van der Waals surface area contributed by atoms with Crippen molar-refractivity contribution in [3.63, 3.8) is 0 Å². The lowest BCUT2D eigenvalue weighted by Gasteiger charge is -2.30. The quantitative estimate of drug-likeness (QED) is 0.855. The van der Waals surface area contributed by atoms with Crippen LogP contribution in [-0.2, 0) is 7.05 Å². The second-order valence-electron chi connectivity index (χ2n) is 5.05. The molecule has 2 aromatic rings. The summed E-state index contributed by atoms with van der Waals surface area (Å²) in [6.07, 6.45) is 3.95. The molecule has 1 saturated heterocycles. The van der Waals surface area contributed by atoms with Crippen LogP contribution in [0.3, 0.4) is 0 Å². The summed E-state index contributed by atoms with van der Waals surface area (Å²) in [6, 6.07) is 0.728. The number of aromatic nitrogens is 3. The summed E-state index contributed by atoms with van der Waals surface area (Å²) >= 11 is 0. The summed E-state index contributed by atoms with van der Waals surface area (Å²) in [7, 11) is 5.76. The minimum absolute atomic E-state index is 0.307. The Hall–Kier alpha value is -1.66. The van der Waals surface area contributed by atoms with Crippen molar-refractivity contribution in [3.05, 3.63) is 18.0 Å².